The predicted molar refractivity (Wildman–Crippen MR) is 45.5 cm³/mol. The highest BCUT2D eigenvalue weighted by molar-refractivity contribution is 4.70. The van der Waals surface area contributed by atoms with E-state index >= 15 is 0 Å². The summed E-state index contributed by atoms with van der Waals surface area (Å²) in [5, 5.41) is 3.32. The summed E-state index contributed by atoms with van der Waals surface area (Å²) in [5.41, 5.74) is 5.45. The van der Waals surface area contributed by atoms with E-state index in [0.29, 0.717) is 18.7 Å². The van der Waals surface area contributed by atoms with E-state index in [2.05, 4.69) is 12.2 Å². The molecule has 3 heteroatoms. The molecule has 0 aliphatic carbocycles. The average molecular weight is 158 g/mol. The zero-order chi connectivity index (χ0) is 8.10. The van der Waals surface area contributed by atoms with Crippen LogP contribution in [0.1, 0.15) is 19.8 Å². The van der Waals surface area contributed by atoms with Gasteiger partial charge in [-0.15, -0.1) is 0 Å². The third-order valence-electron chi connectivity index (χ3n) is 2.07. The zero-order valence-electron chi connectivity index (χ0n) is 7.18. The van der Waals surface area contributed by atoms with Crippen molar-refractivity contribution < 1.29 is 4.74 Å². The van der Waals surface area contributed by atoms with E-state index in [0.717, 1.165) is 13.2 Å². The quantitative estimate of drug-likeness (QED) is 0.610. The molecule has 1 aliphatic heterocycles. The lowest BCUT2D eigenvalue weighted by Gasteiger charge is -2.14. The van der Waals surface area contributed by atoms with Crippen molar-refractivity contribution in [3.8, 4) is 0 Å². The summed E-state index contributed by atoms with van der Waals surface area (Å²) < 4.78 is 5.44. The molecule has 0 radical (unpaired) electrons. The minimum atomic E-state index is 0.416. The Balaban J connectivity index is 2.01. The maximum Gasteiger partial charge on any atom is 0.0700 e. The number of nitrogens with two attached hydrogens (primary N) is 1. The summed E-state index contributed by atoms with van der Waals surface area (Å²) in [5.74, 6) is 0. The van der Waals surface area contributed by atoms with E-state index in [1.165, 1.54) is 12.8 Å². The van der Waals surface area contributed by atoms with E-state index in [4.69, 9.17) is 10.5 Å². The maximum atomic E-state index is 5.45. The van der Waals surface area contributed by atoms with Crippen molar-refractivity contribution in [3.63, 3.8) is 0 Å². The molecule has 1 unspecified atom stereocenters. The zero-order valence-corrected chi connectivity index (χ0v) is 7.18. The third kappa shape index (κ3) is 3.18. The van der Waals surface area contributed by atoms with Crippen LogP contribution in [0.3, 0.4) is 0 Å². The van der Waals surface area contributed by atoms with Crippen molar-refractivity contribution in [3.05, 3.63) is 0 Å². The second-order valence-corrected chi connectivity index (χ2v) is 3.18. The van der Waals surface area contributed by atoms with Crippen molar-refractivity contribution in [2.75, 3.05) is 19.7 Å². The van der Waals surface area contributed by atoms with Crippen LogP contribution < -0.4 is 11.1 Å². The van der Waals surface area contributed by atoms with Crippen LogP contribution in [0, 0.1) is 0 Å². The normalized spacial score (nSPS) is 27.3. The van der Waals surface area contributed by atoms with Crippen molar-refractivity contribution in [2.24, 2.45) is 5.73 Å². The molecular formula is C8H18N2O. The van der Waals surface area contributed by atoms with Gasteiger partial charge in [-0.25, -0.2) is 0 Å². The second kappa shape index (κ2) is 4.70. The molecule has 0 aromatic heterocycles. The molecule has 11 heavy (non-hydrogen) atoms. The molecule has 0 spiro atoms. The summed E-state index contributed by atoms with van der Waals surface area (Å²) in [6.45, 7) is 4.68. The minimum absolute atomic E-state index is 0.416. The Labute approximate surface area is 68.3 Å². The summed E-state index contributed by atoms with van der Waals surface area (Å²) in [7, 11) is 0. The number of nitrogens with one attached hydrogen (secondary N) is 1. The van der Waals surface area contributed by atoms with Gasteiger partial charge >= 0.3 is 0 Å². The average Bonchev–Trinajstić information content (AvgIpc) is 2.52. The first-order valence-electron chi connectivity index (χ1n) is 4.38. The highest BCUT2D eigenvalue weighted by atomic mass is 16.5. The summed E-state index contributed by atoms with van der Waals surface area (Å²) in [6.07, 6.45) is 2.84. The molecule has 0 saturated carbocycles. The van der Waals surface area contributed by atoms with Gasteiger partial charge in [-0.2, -0.15) is 0 Å². The van der Waals surface area contributed by atoms with Gasteiger partial charge in [-0.05, 0) is 19.8 Å². The van der Waals surface area contributed by atoms with Gasteiger partial charge in [0.15, 0.2) is 0 Å². The van der Waals surface area contributed by atoms with Crippen molar-refractivity contribution in [1.82, 2.24) is 5.32 Å². The van der Waals surface area contributed by atoms with Crippen LogP contribution in [0.25, 0.3) is 0 Å². The fourth-order valence-electron chi connectivity index (χ4n) is 1.22. The molecule has 3 nitrogen and oxygen atoms in total. The first kappa shape index (κ1) is 8.97. The van der Waals surface area contributed by atoms with E-state index in [9.17, 15) is 0 Å². The van der Waals surface area contributed by atoms with Gasteiger partial charge in [-0.3, -0.25) is 0 Å². The lowest BCUT2D eigenvalue weighted by atomic mass is 10.2. The number of hydrogen-bond donors (Lipinski definition) is 2. The van der Waals surface area contributed by atoms with Gasteiger partial charge in [0.2, 0.25) is 0 Å². The lowest BCUT2D eigenvalue weighted by molar-refractivity contribution is 0.108. The van der Waals surface area contributed by atoms with Crippen molar-refractivity contribution >= 4 is 0 Å². The van der Waals surface area contributed by atoms with E-state index in [1.54, 1.807) is 0 Å². The van der Waals surface area contributed by atoms with Crippen LogP contribution in [-0.4, -0.2) is 31.8 Å². The summed E-state index contributed by atoms with van der Waals surface area (Å²) in [4.78, 5) is 0. The monoisotopic (exact) mass is 158 g/mol. The molecule has 1 rings (SSSR count). The van der Waals surface area contributed by atoms with Gasteiger partial charge in [0.25, 0.3) is 0 Å². The molecule has 1 heterocycles. The van der Waals surface area contributed by atoms with Gasteiger partial charge in [0.05, 0.1) is 6.10 Å². The molecule has 1 saturated heterocycles. The Hall–Kier alpha value is -0.120. The van der Waals surface area contributed by atoms with Gasteiger partial charge in [-0.1, -0.05) is 0 Å². The third-order valence-corrected chi connectivity index (χ3v) is 2.07. The first-order valence-corrected chi connectivity index (χ1v) is 4.38. The molecule has 66 valence electrons. The SMILES string of the molecule is C[C@H](CN)NCC1CCCO1. The fourth-order valence-corrected chi connectivity index (χ4v) is 1.22. The molecule has 2 atom stereocenters. The highest BCUT2D eigenvalue weighted by Crippen LogP contribution is 2.10. The van der Waals surface area contributed by atoms with E-state index < -0.39 is 0 Å². The van der Waals surface area contributed by atoms with E-state index in [1.807, 2.05) is 0 Å². The smallest absolute Gasteiger partial charge is 0.0700 e. The fraction of sp³-hybridized carbons (Fsp3) is 1.00. The molecular weight excluding hydrogens is 140 g/mol. The Morgan fingerprint density at radius 3 is 3.09 bits per heavy atom. The number of rotatable bonds is 4. The molecule has 0 aromatic carbocycles. The van der Waals surface area contributed by atoms with E-state index in [-0.39, 0.29) is 0 Å². The second-order valence-electron chi connectivity index (χ2n) is 3.18. The topological polar surface area (TPSA) is 47.3 Å². The largest absolute Gasteiger partial charge is 0.377 e. The number of ether oxygens (including phenoxy) is 1. The standard InChI is InChI=1S/C8H18N2O/c1-7(5-9)10-6-8-3-2-4-11-8/h7-8,10H,2-6,9H2,1H3/t7-,8?/m1/s1. The number of hydrogen-bond acceptors (Lipinski definition) is 3. The Bertz CT molecular complexity index is 102. The summed E-state index contributed by atoms with van der Waals surface area (Å²) in [6, 6.07) is 0.416. The maximum absolute atomic E-state index is 5.45. The molecule has 1 aliphatic rings. The van der Waals surface area contributed by atoms with Crippen molar-refractivity contribution in [2.45, 2.75) is 31.9 Å². The highest BCUT2D eigenvalue weighted by Gasteiger charge is 2.15. The van der Waals surface area contributed by atoms with Gasteiger partial charge in [0, 0.05) is 25.7 Å². The van der Waals surface area contributed by atoms with Crippen LogP contribution in [-0.2, 0) is 4.74 Å². The molecule has 0 bridgehead atoms. The van der Waals surface area contributed by atoms with Crippen LogP contribution in [0.2, 0.25) is 0 Å². The Morgan fingerprint density at radius 1 is 1.73 bits per heavy atom. The van der Waals surface area contributed by atoms with Crippen LogP contribution in [0.15, 0.2) is 0 Å². The molecule has 1 fully saturated rings. The molecule has 3 N–H and O–H groups in total. The predicted octanol–water partition coefficient (Wildman–Crippen LogP) is 0.102. The van der Waals surface area contributed by atoms with Crippen LogP contribution >= 0.6 is 0 Å². The van der Waals surface area contributed by atoms with Crippen molar-refractivity contribution in [1.29, 1.82) is 0 Å². The van der Waals surface area contributed by atoms with Gasteiger partial charge < -0.3 is 15.8 Å². The molecule has 0 aromatic rings. The Morgan fingerprint density at radius 2 is 2.55 bits per heavy atom. The van der Waals surface area contributed by atoms with Gasteiger partial charge in [0.1, 0.15) is 0 Å². The first-order chi connectivity index (χ1) is 5.33. The van der Waals surface area contributed by atoms with Crippen LogP contribution in [0.4, 0.5) is 0 Å². The Kier molecular flexibility index (Phi) is 3.83. The molecule has 0 amide bonds. The lowest BCUT2D eigenvalue weighted by Crippen LogP contribution is -2.38. The van der Waals surface area contributed by atoms with Crippen LogP contribution in [0.5, 0.6) is 0 Å². The minimum Gasteiger partial charge on any atom is -0.377 e. The summed E-state index contributed by atoms with van der Waals surface area (Å²) >= 11 is 0.